The minimum atomic E-state index is 0.834. The highest BCUT2D eigenvalue weighted by Crippen LogP contribution is 2.28. The Morgan fingerprint density at radius 1 is 1.35 bits per heavy atom. The van der Waals surface area contributed by atoms with Gasteiger partial charge < -0.3 is 10.1 Å². The largest absolute Gasteiger partial charge is 0.497 e. The van der Waals surface area contributed by atoms with E-state index in [1.54, 1.807) is 18.4 Å². The van der Waals surface area contributed by atoms with Crippen LogP contribution in [0.15, 0.2) is 24.3 Å². The molecular formula is C12H15N3OS. The van der Waals surface area contributed by atoms with Crippen LogP contribution in [0.1, 0.15) is 13.3 Å². The van der Waals surface area contributed by atoms with Crippen LogP contribution in [0.4, 0.5) is 5.13 Å². The van der Waals surface area contributed by atoms with Gasteiger partial charge in [0.15, 0.2) is 0 Å². The second-order valence-corrected chi connectivity index (χ2v) is 4.55. The van der Waals surface area contributed by atoms with Crippen molar-refractivity contribution in [2.45, 2.75) is 13.3 Å². The molecule has 1 aromatic heterocycles. The van der Waals surface area contributed by atoms with Crippen molar-refractivity contribution >= 4 is 16.5 Å². The highest BCUT2D eigenvalue weighted by atomic mass is 32.1. The quantitative estimate of drug-likeness (QED) is 0.884. The fraction of sp³-hybridized carbons (Fsp3) is 0.333. The standard InChI is InChI=1S/C12H15N3OS/c1-3-7-13-12-15-14-11(17-12)9-5-4-6-10(8-9)16-2/h4-6,8H,3,7H2,1-2H3,(H,13,15). The predicted octanol–water partition coefficient (Wildman–Crippen LogP) is 3.04. The van der Waals surface area contributed by atoms with Gasteiger partial charge in [-0.05, 0) is 18.6 Å². The maximum atomic E-state index is 5.19. The van der Waals surface area contributed by atoms with Crippen molar-refractivity contribution in [1.29, 1.82) is 0 Å². The van der Waals surface area contributed by atoms with Crippen LogP contribution in [-0.4, -0.2) is 23.9 Å². The lowest BCUT2D eigenvalue weighted by molar-refractivity contribution is 0.415. The molecule has 4 nitrogen and oxygen atoms in total. The van der Waals surface area contributed by atoms with Crippen LogP contribution < -0.4 is 10.1 Å². The monoisotopic (exact) mass is 249 g/mol. The Kier molecular flexibility index (Phi) is 3.93. The topological polar surface area (TPSA) is 47.0 Å². The van der Waals surface area contributed by atoms with Crippen molar-refractivity contribution in [1.82, 2.24) is 10.2 Å². The lowest BCUT2D eigenvalue weighted by atomic mass is 10.2. The lowest BCUT2D eigenvalue weighted by Crippen LogP contribution is -1.98. The van der Waals surface area contributed by atoms with E-state index in [9.17, 15) is 0 Å². The maximum absolute atomic E-state index is 5.19. The van der Waals surface area contributed by atoms with Gasteiger partial charge in [0.1, 0.15) is 10.8 Å². The Morgan fingerprint density at radius 2 is 2.24 bits per heavy atom. The smallest absolute Gasteiger partial charge is 0.206 e. The number of hydrogen-bond acceptors (Lipinski definition) is 5. The molecule has 90 valence electrons. The molecule has 0 bridgehead atoms. The number of aromatic nitrogens is 2. The van der Waals surface area contributed by atoms with Gasteiger partial charge in [-0.3, -0.25) is 0 Å². The number of anilines is 1. The van der Waals surface area contributed by atoms with E-state index in [1.807, 2.05) is 24.3 Å². The second kappa shape index (κ2) is 5.63. The summed E-state index contributed by atoms with van der Waals surface area (Å²) in [6, 6.07) is 7.84. The molecule has 0 saturated heterocycles. The molecule has 0 fully saturated rings. The van der Waals surface area contributed by atoms with Crippen LogP contribution in [0.5, 0.6) is 5.75 Å². The molecule has 2 rings (SSSR count). The van der Waals surface area contributed by atoms with Gasteiger partial charge in [0.05, 0.1) is 7.11 Å². The summed E-state index contributed by atoms with van der Waals surface area (Å²) in [4.78, 5) is 0. The minimum absolute atomic E-state index is 0.834. The number of nitrogens with zero attached hydrogens (tertiary/aromatic N) is 2. The van der Waals surface area contributed by atoms with Crippen molar-refractivity contribution in [3.05, 3.63) is 24.3 Å². The summed E-state index contributed by atoms with van der Waals surface area (Å²) in [6.07, 6.45) is 1.08. The third-order valence-corrected chi connectivity index (χ3v) is 3.20. The molecule has 0 unspecified atom stereocenters. The van der Waals surface area contributed by atoms with Crippen LogP contribution >= 0.6 is 11.3 Å². The summed E-state index contributed by atoms with van der Waals surface area (Å²) in [7, 11) is 1.66. The van der Waals surface area contributed by atoms with Gasteiger partial charge in [-0.25, -0.2) is 0 Å². The van der Waals surface area contributed by atoms with Crippen molar-refractivity contribution in [2.24, 2.45) is 0 Å². The lowest BCUT2D eigenvalue weighted by Gasteiger charge is -2.00. The van der Waals surface area contributed by atoms with Crippen molar-refractivity contribution in [3.8, 4) is 16.3 Å². The Bertz CT molecular complexity index is 484. The number of rotatable bonds is 5. The average molecular weight is 249 g/mol. The van der Waals surface area contributed by atoms with Gasteiger partial charge in [0.25, 0.3) is 0 Å². The van der Waals surface area contributed by atoms with Crippen molar-refractivity contribution in [2.75, 3.05) is 19.0 Å². The van der Waals surface area contributed by atoms with E-state index < -0.39 is 0 Å². The van der Waals surface area contributed by atoms with E-state index in [4.69, 9.17) is 4.74 Å². The average Bonchev–Trinajstić information content (AvgIpc) is 2.85. The molecule has 0 amide bonds. The Balaban J connectivity index is 2.18. The molecule has 17 heavy (non-hydrogen) atoms. The number of benzene rings is 1. The molecule has 0 saturated carbocycles. The van der Waals surface area contributed by atoms with Crippen LogP contribution in [-0.2, 0) is 0 Å². The van der Waals surface area contributed by atoms with Crippen LogP contribution in [0, 0.1) is 0 Å². The molecule has 1 N–H and O–H groups in total. The normalized spacial score (nSPS) is 10.2. The molecule has 0 aliphatic rings. The van der Waals surface area contributed by atoms with Gasteiger partial charge in [-0.1, -0.05) is 30.4 Å². The molecular weight excluding hydrogens is 234 g/mol. The Labute approximate surface area is 105 Å². The third kappa shape index (κ3) is 2.94. The summed E-state index contributed by atoms with van der Waals surface area (Å²) >= 11 is 1.56. The van der Waals surface area contributed by atoms with Crippen molar-refractivity contribution < 1.29 is 4.74 Å². The van der Waals surface area contributed by atoms with E-state index in [1.165, 1.54) is 0 Å². The zero-order valence-corrected chi connectivity index (χ0v) is 10.8. The molecule has 1 heterocycles. The van der Waals surface area contributed by atoms with Crippen LogP contribution in [0.3, 0.4) is 0 Å². The summed E-state index contributed by atoms with van der Waals surface area (Å²) in [5, 5.41) is 13.3. The van der Waals surface area contributed by atoms with E-state index >= 15 is 0 Å². The number of methoxy groups -OCH3 is 1. The summed E-state index contributed by atoms with van der Waals surface area (Å²) in [5.74, 6) is 0.834. The molecule has 0 atom stereocenters. The maximum Gasteiger partial charge on any atom is 0.206 e. The number of hydrogen-bond donors (Lipinski definition) is 1. The molecule has 0 radical (unpaired) electrons. The highest BCUT2D eigenvalue weighted by molar-refractivity contribution is 7.18. The first-order chi connectivity index (χ1) is 8.33. The number of nitrogens with one attached hydrogen (secondary N) is 1. The summed E-state index contributed by atoms with van der Waals surface area (Å²) in [5.41, 5.74) is 1.03. The van der Waals surface area contributed by atoms with Crippen molar-refractivity contribution in [3.63, 3.8) is 0 Å². The molecule has 2 aromatic rings. The van der Waals surface area contributed by atoms with E-state index in [-0.39, 0.29) is 0 Å². The van der Waals surface area contributed by atoms with Crippen LogP contribution in [0.25, 0.3) is 10.6 Å². The molecule has 0 spiro atoms. The van der Waals surface area contributed by atoms with Gasteiger partial charge in [0.2, 0.25) is 5.13 Å². The molecule has 0 aliphatic heterocycles. The fourth-order valence-corrected chi connectivity index (χ4v) is 2.16. The third-order valence-electron chi connectivity index (χ3n) is 2.27. The Hall–Kier alpha value is -1.62. The SMILES string of the molecule is CCCNc1nnc(-c2cccc(OC)c2)s1. The Morgan fingerprint density at radius 3 is 3.00 bits per heavy atom. The number of ether oxygens (including phenoxy) is 1. The minimum Gasteiger partial charge on any atom is -0.497 e. The molecule has 1 aromatic carbocycles. The second-order valence-electron chi connectivity index (χ2n) is 3.57. The summed E-state index contributed by atoms with van der Waals surface area (Å²) in [6.45, 7) is 3.05. The first-order valence-electron chi connectivity index (χ1n) is 5.55. The molecule has 0 aliphatic carbocycles. The first-order valence-corrected chi connectivity index (χ1v) is 6.37. The predicted molar refractivity (Wildman–Crippen MR) is 70.7 cm³/mol. The van der Waals surface area contributed by atoms with Gasteiger partial charge in [-0.2, -0.15) is 0 Å². The van der Waals surface area contributed by atoms with Gasteiger partial charge in [0, 0.05) is 12.1 Å². The zero-order chi connectivity index (χ0) is 12.1. The zero-order valence-electron chi connectivity index (χ0n) is 9.93. The van der Waals surface area contributed by atoms with E-state index in [0.29, 0.717) is 0 Å². The van der Waals surface area contributed by atoms with E-state index in [2.05, 4.69) is 22.4 Å². The first kappa shape index (κ1) is 11.9. The fourth-order valence-electron chi connectivity index (χ4n) is 1.40. The van der Waals surface area contributed by atoms with Gasteiger partial charge in [-0.15, -0.1) is 10.2 Å². The molecule has 5 heteroatoms. The van der Waals surface area contributed by atoms with Gasteiger partial charge >= 0.3 is 0 Å². The highest BCUT2D eigenvalue weighted by Gasteiger charge is 2.06. The summed E-state index contributed by atoms with van der Waals surface area (Å²) < 4.78 is 5.19. The van der Waals surface area contributed by atoms with E-state index in [0.717, 1.165) is 34.4 Å². The van der Waals surface area contributed by atoms with Crippen LogP contribution in [0.2, 0.25) is 0 Å².